The molecule has 2 rings (SSSR count). The Bertz CT molecular complexity index is 437. The Hall–Kier alpha value is -0.720. The molecule has 0 aromatic heterocycles. The second-order valence-electron chi connectivity index (χ2n) is 4.58. The average Bonchev–Trinajstić information content (AvgIpc) is 2.39. The van der Waals surface area contributed by atoms with E-state index in [9.17, 15) is 8.78 Å². The molecule has 6 heteroatoms. The largest absolute Gasteiger partial charge is 0.496 e. The normalized spacial score (nSPS) is 17.5. The molecule has 1 heterocycles. The summed E-state index contributed by atoms with van der Waals surface area (Å²) >= 11 is 3.24. The molecule has 1 aliphatic heterocycles. The summed E-state index contributed by atoms with van der Waals surface area (Å²) < 4.78 is 34.1. The topological polar surface area (TPSA) is 24.5 Å². The molecule has 0 unspecified atom stereocenters. The maximum absolute atomic E-state index is 14.2. The maximum atomic E-state index is 14.2. The summed E-state index contributed by atoms with van der Waals surface area (Å²) in [6.07, 6.45) is 0. The fourth-order valence-corrected chi connectivity index (χ4v) is 2.68. The second-order valence-corrected chi connectivity index (χ2v) is 5.43. The third kappa shape index (κ3) is 3.64. The lowest BCUT2D eigenvalue weighted by molar-refractivity contribution is -0.0401. The van der Waals surface area contributed by atoms with Gasteiger partial charge in [-0.2, -0.15) is 8.78 Å². The number of benzene rings is 1. The van der Waals surface area contributed by atoms with Crippen molar-refractivity contribution in [3.05, 3.63) is 28.2 Å². The molecule has 0 amide bonds. The van der Waals surface area contributed by atoms with Crippen LogP contribution in [0.25, 0.3) is 0 Å². The number of nitrogens with zero attached hydrogens (tertiary/aromatic N) is 1. The van der Waals surface area contributed by atoms with Gasteiger partial charge in [-0.05, 0) is 34.1 Å². The molecular formula is C13H17BrF2N2O. The van der Waals surface area contributed by atoms with Crippen molar-refractivity contribution >= 4 is 15.9 Å². The maximum Gasteiger partial charge on any atom is 0.285 e. The lowest BCUT2D eigenvalue weighted by atomic mass is 10.1. The van der Waals surface area contributed by atoms with Crippen molar-refractivity contribution in [1.82, 2.24) is 10.2 Å². The van der Waals surface area contributed by atoms with Crippen molar-refractivity contribution < 1.29 is 13.5 Å². The van der Waals surface area contributed by atoms with Crippen LogP contribution in [0.2, 0.25) is 0 Å². The highest BCUT2D eigenvalue weighted by atomic mass is 79.9. The van der Waals surface area contributed by atoms with Crippen molar-refractivity contribution in [3.63, 3.8) is 0 Å². The molecule has 0 radical (unpaired) electrons. The monoisotopic (exact) mass is 334 g/mol. The van der Waals surface area contributed by atoms with Crippen molar-refractivity contribution in [2.75, 3.05) is 39.8 Å². The molecule has 3 nitrogen and oxygen atoms in total. The zero-order valence-electron chi connectivity index (χ0n) is 10.8. The smallest absolute Gasteiger partial charge is 0.285 e. The third-order valence-corrected chi connectivity index (χ3v) is 3.83. The number of hydrogen-bond donors (Lipinski definition) is 1. The minimum absolute atomic E-state index is 0.0127. The van der Waals surface area contributed by atoms with Gasteiger partial charge >= 0.3 is 0 Å². The first-order chi connectivity index (χ1) is 9.03. The number of rotatable bonds is 4. The molecule has 0 bridgehead atoms. The second kappa shape index (κ2) is 6.15. The van der Waals surface area contributed by atoms with E-state index in [0.29, 0.717) is 23.3 Å². The van der Waals surface area contributed by atoms with E-state index in [1.54, 1.807) is 11.0 Å². The summed E-state index contributed by atoms with van der Waals surface area (Å²) in [6, 6.07) is 4.41. The van der Waals surface area contributed by atoms with Crippen LogP contribution in [-0.4, -0.2) is 44.7 Å². The van der Waals surface area contributed by atoms with Gasteiger partial charge in [0, 0.05) is 31.7 Å². The first kappa shape index (κ1) is 14.7. The van der Waals surface area contributed by atoms with Gasteiger partial charge in [0.25, 0.3) is 5.92 Å². The van der Waals surface area contributed by atoms with E-state index in [0.717, 1.165) is 13.1 Å². The van der Waals surface area contributed by atoms with Crippen LogP contribution in [0.15, 0.2) is 22.7 Å². The lowest BCUT2D eigenvalue weighted by Crippen LogP contribution is -2.47. The van der Waals surface area contributed by atoms with Crippen molar-refractivity contribution in [1.29, 1.82) is 0 Å². The molecule has 0 saturated carbocycles. The van der Waals surface area contributed by atoms with E-state index >= 15 is 0 Å². The van der Waals surface area contributed by atoms with Crippen LogP contribution in [0.5, 0.6) is 5.75 Å². The number of methoxy groups -OCH3 is 1. The predicted octanol–water partition coefficient (Wildman–Crippen LogP) is 2.45. The zero-order chi connectivity index (χ0) is 13.9. The molecule has 106 valence electrons. The Kier molecular flexibility index (Phi) is 4.76. The Balaban J connectivity index is 2.11. The fourth-order valence-electron chi connectivity index (χ4n) is 2.14. The Labute approximate surface area is 120 Å². The zero-order valence-corrected chi connectivity index (χ0v) is 12.3. The third-order valence-electron chi connectivity index (χ3n) is 3.21. The molecule has 0 spiro atoms. The lowest BCUT2D eigenvalue weighted by Gasteiger charge is -2.31. The Morgan fingerprint density at radius 1 is 1.37 bits per heavy atom. The summed E-state index contributed by atoms with van der Waals surface area (Å²) in [5.74, 6) is -2.30. The number of halogens is 3. The minimum Gasteiger partial charge on any atom is -0.496 e. The van der Waals surface area contributed by atoms with E-state index in [4.69, 9.17) is 4.74 Å². The number of nitrogens with one attached hydrogen (secondary N) is 1. The molecule has 1 aromatic rings. The van der Waals surface area contributed by atoms with Crippen LogP contribution in [0, 0.1) is 0 Å². The number of ether oxygens (including phenoxy) is 1. The quantitative estimate of drug-likeness (QED) is 0.915. The van der Waals surface area contributed by atoms with Crippen LogP contribution in [0.4, 0.5) is 8.78 Å². The van der Waals surface area contributed by atoms with Gasteiger partial charge in [-0.1, -0.05) is 0 Å². The Morgan fingerprint density at radius 3 is 2.63 bits per heavy atom. The van der Waals surface area contributed by atoms with Crippen LogP contribution >= 0.6 is 15.9 Å². The molecule has 0 aliphatic carbocycles. The summed E-state index contributed by atoms with van der Waals surface area (Å²) in [5.41, 5.74) is 0.0127. The summed E-state index contributed by atoms with van der Waals surface area (Å²) in [5, 5.41) is 3.15. The van der Waals surface area contributed by atoms with E-state index in [-0.39, 0.29) is 12.1 Å². The molecule has 1 N–H and O–H groups in total. The predicted molar refractivity (Wildman–Crippen MR) is 73.9 cm³/mol. The molecule has 19 heavy (non-hydrogen) atoms. The number of hydrogen-bond acceptors (Lipinski definition) is 3. The molecule has 1 saturated heterocycles. The van der Waals surface area contributed by atoms with Crippen molar-refractivity contribution in [2.24, 2.45) is 0 Å². The minimum atomic E-state index is -2.86. The molecule has 1 aromatic carbocycles. The van der Waals surface area contributed by atoms with Gasteiger partial charge in [0.05, 0.1) is 18.1 Å². The van der Waals surface area contributed by atoms with E-state index in [1.807, 2.05) is 0 Å². The SMILES string of the molecule is COc1ccc(C(F)(F)CN2CCNCC2)cc1Br. The summed E-state index contributed by atoms with van der Waals surface area (Å²) in [7, 11) is 1.51. The molecule has 0 atom stereocenters. The van der Waals surface area contributed by atoms with Crippen LogP contribution in [0.1, 0.15) is 5.56 Å². The summed E-state index contributed by atoms with van der Waals surface area (Å²) in [6.45, 7) is 2.61. The Morgan fingerprint density at radius 2 is 2.05 bits per heavy atom. The highest BCUT2D eigenvalue weighted by molar-refractivity contribution is 9.10. The van der Waals surface area contributed by atoms with Gasteiger partial charge in [-0.3, -0.25) is 4.90 Å². The first-order valence-electron chi connectivity index (χ1n) is 6.18. The van der Waals surface area contributed by atoms with E-state index in [1.165, 1.54) is 19.2 Å². The molecule has 1 fully saturated rings. The molecule has 1 aliphatic rings. The van der Waals surface area contributed by atoms with Crippen LogP contribution in [-0.2, 0) is 5.92 Å². The van der Waals surface area contributed by atoms with E-state index in [2.05, 4.69) is 21.2 Å². The highest BCUT2D eigenvalue weighted by Gasteiger charge is 2.34. The van der Waals surface area contributed by atoms with Gasteiger partial charge < -0.3 is 10.1 Å². The van der Waals surface area contributed by atoms with Gasteiger partial charge in [0.1, 0.15) is 5.75 Å². The van der Waals surface area contributed by atoms with Crippen LogP contribution < -0.4 is 10.1 Å². The average molecular weight is 335 g/mol. The first-order valence-corrected chi connectivity index (χ1v) is 6.97. The fraction of sp³-hybridized carbons (Fsp3) is 0.538. The van der Waals surface area contributed by atoms with Gasteiger partial charge in [-0.15, -0.1) is 0 Å². The van der Waals surface area contributed by atoms with Crippen molar-refractivity contribution in [2.45, 2.75) is 5.92 Å². The number of alkyl halides is 2. The van der Waals surface area contributed by atoms with Crippen molar-refractivity contribution in [3.8, 4) is 5.75 Å². The van der Waals surface area contributed by atoms with Gasteiger partial charge in [-0.25, -0.2) is 0 Å². The van der Waals surface area contributed by atoms with Crippen LogP contribution in [0.3, 0.4) is 0 Å². The molecular weight excluding hydrogens is 318 g/mol. The number of piperazine rings is 1. The van der Waals surface area contributed by atoms with Gasteiger partial charge in [0.2, 0.25) is 0 Å². The standard InChI is InChI=1S/C13H17BrF2N2O/c1-19-12-3-2-10(8-11(12)14)13(15,16)9-18-6-4-17-5-7-18/h2-3,8,17H,4-7,9H2,1H3. The van der Waals surface area contributed by atoms with E-state index < -0.39 is 5.92 Å². The van der Waals surface area contributed by atoms with Gasteiger partial charge in [0.15, 0.2) is 0 Å². The highest BCUT2D eigenvalue weighted by Crippen LogP contribution is 2.34. The summed E-state index contributed by atoms with van der Waals surface area (Å²) in [4.78, 5) is 1.79.